The highest BCUT2D eigenvalue weighted by Crippen LogP contribution is 2.24. The van der Waals surface area contributed by atoms with Crippen LogP contribution >= 0.6 is 11.6 Å². The molecule has 3 rings (SSSR count). The minimum Gasteiger partial charge on any atom is -0.406 e. The number of hydrogen-bond donors (Lipinski definition) is 2. The smallest absolute Gasteiger partial charge is 0.329 e. The molecule has 7 nitrogen and oxygen atoms in total. The molecule has 112 valence electrons. The lowest BCUT2D eigenvalue weighted by Gasteiger charge is -2.04. The molecule has 0 aliphatic carbocycles. The van der Waals surface area contributed by atoms with Crippen LogP contribution < -0.4 is 10.0 Å². The van der Waals surface area contributed by atoms with E-state index in [4.69, 9.17) is 16.0 Å². The summed E-state index contributed by atoms with van der Waals surface area (Å²) in [5.41, 5.74) is 0. The SMILES string of the molecule is O=S(=O)(Nc1nnc(C2CCCN2)o1)c1ccc(Cl)cc1. The molecule has 1 aliphatic heterocycles. The van der Waals surface area contributed by atoms with Crippen LogP contribution in [0, 0.1) is 0 Å². The Labute approximate surface area is 126 Å². The van der Waals surface area contributed by atoms with Gasteiger partial charge in [0.15, 0.2) is 0 Å². The number of anilines is 1. The second kappa shape index (κ2) is 5.63. The average molecular weight is 329 g/mol. The third-order valence-electron chi connectivity index (χ3n) is 3.14. The van der Waals surface area contributed by atoms with Gasteiger partial charge in [-0.2, -0.15) is 0 Å². The highest BCUT2D eigenvalue weighted by Gasteiger charge is 2.24. The number of rotatable bonds is 4. The molecular formula is C12H13ClN4O3S. The van der Waals surface area contributed by atoms with Gasteiger partial charge in [0.2, 0.25) is 5.89 Å². The first-order valence-corrected chi connectivity index (χ1v) is 8.26. The minimum atomic E-state index is -3.77. The van der Waals surface area contributed by atoms with Crippen molar-refractivity contribution in [2.45, 2.75) is 23.8 Å². The van der Waals surface area contributed by atoms with Crippen LogP contribution in [0.15, 0.2) is 33.6 Å². The van der Waals surface area contributed by atoms with E-state index < -0.39 is 10.0 Å². The molecule has 0 spiro atoms. The van der Waals surface area contributed by atoms with Gasteiger partial charge in [0, 0.05) is 5.02 Å². The Hall–Kier alpha value is -1.64. The predicted molar refractivity (Wildman–Crippen MR) is 76.5 cm³/mol. The topological polar surface area (TPSA) is 97.1 Å². The van der Waals surface area contributed by atoms with Crippen LogP contribution in [-0.2, 0) is 10.0 Å². The first kappa shape index (κ1) is 14.3. The van der Waals surface area contributed by atoms with Gasteiger partial charge in [0.1, 0.15) is 0 Å². The molecule has 1 aliphatic rings. The van der Waals surface area contributed by atoms with Crippen molar-refractivity contribution in [2.75, 3.05) is 11.3 Å². The van der Waals surface area contributed by atoms with Gasteiger partial charge in [-0.15, -0.1) is 5.10 Å². The molecular weight excluding hydrogens is 316 g/mol. The molecule has 9 heteroatoms. The van der Waals surface area contributed by atoms with Gasteiger partial charge in [-0.1, -0.05) is 16.7 Å². The molecule has 2 N–H and O–H groups in total. The van der Waals surface area contributed by atoms with Crippen LogP contribution in [0.4, 0.5) is 6.01 Å². The summed E-state index contributed by atoms with van der Waals surface area (Å²) in [7, 11) is -3.77. The lowest BCUT2D eigenvalue weighted by Crippen LogP contribution is -2.13. The van der Waals surface area contributed by atoms with Crippen molar-refractivity contribution in [3.63, 3.8) is 0 Å². The number of nitrogens with one attached hydrogen (secondary N) is 2. The largest absolute Gasteiger partial charge is 0.406 e. The number of aromatic nitrogens is 2. The summed E-state index contributed by atoms with van der Waals surface area (Å²) in [4.78, 5) is 0.0747. The summed E-state index contributed by atoms with van der Waals surface area (Å²) in [6.45, 7) is 0.888. The quantitative estimate of drug-likeness (QED) is 0.890. The van der Waals surface area contributed by atoms with Gasteiger partial charge in [0.25, 0.3) is 10.0 Å². The molecule has 1 unspecified atom stereocenters. The Bertz CT molecular complexity index is 723. The first-order chi connectivity index (χ1) is 10.0. The van der Waals surface area contributed by atoms with Crippen molar-refractivity contribution in [3.8, 4) is 0 Å². The van der Waals surface area contributed by atoms with Crippen molar-refractivity contribution < 1.29 is 12.8 Å². The lowest BCUT2D eigenvalue weighted by molar-refractivity contribution is 0.439. The molecule has 0 radical (unpaired) electrons. The van der Waals surface area contributed by atoms with Crippen LogP contribution in [0.25, 0.3) is 0 Å². The number of nitrogens with zero attached hydrogens (tertiary/aromatic N) is 2. The molecule has 1 atom stereocenters. The van der Waals surface area contributed by atoms with Gasteiger partial charge in [0.05, 0.1) is 10.9 Å². The van der Waals surface area contributed by atoms with Crippen LogP contribution in [0.2, 0.25) is 5.02 Å². The number of hydrogen-bond acceptors (Lipinski definition) is 6. The maximum Gasteiger partial charge on any atom is 0.329 e. The van der Waals surface area contributed by atoms with Gasteiger partial charge in [-0.05, 0) is 43.7 Å². The Morgan fingerprint density at radius 1 is 1.29 bits per heavy atom. The fourth-order valence-electron chi connectivity index (χ4n) is 2.10. The zero-order valence-electron chi connectivity index (χ0n) is 10.9. The predicted octanol–water partition coefficient (Wildman–Crippen LogP) is 1.95. The summed E-state index contributed by atoms with van der Waals surface area (Å²) in [6.07, 6.45) is 1.92. The van der Waals surface area contributed by atoms with E-state index in [1.54, 1.807) is 0 Å². The average Bonchev–Trinajstić information content (AvgIpc) is 3.09. The third-order valence-corrected chi connectivity index (χ3v) is 4.73. The Kier molecular flexibility index (Phi) is 3.83. The van der Waals surface area contributed by atoms with E-state index in [-0.39, 0.29) is 17.0 Å². The fourth-order valence-corrected chi connectivity index (χ4v) is 3.15. The Morgan fingerprint density at radius 3 is 2.71 bits per heavy atom. The molecule has 0 amide bonds. The molecule has 1 fully saturated rings. The molecule has 1 aromatic carbocycles. The van der Waals surface area contributed by atoms with Gasteiger partial charge in [-0.25, -0.2) is 13.1 Å². The maximum absolute atomic E-state index is 12.1. The lowest BCUT2D eigenvalue weighted by atomic mass is 10.2. The highest BCUT2D eigenvalue weighted by molar-refractivity contribution is 7.92. The molecule has 1 saturated heterocycles. The summed E-state index contributed by atoms with van der Waals surface area (Å²) in [6, 6.07) is 5.65. The second-order valence-electron chi connectivity index (χ2n) is 4.65. The number of sulfonamides is 1. The highest BCUT2D eigenvalue weighted by atomic mass is 35.5. The standard InChI is InChI=1S/C12H13ClN4O3S/c13-8-3-5-9(6-4-8)21(18,19)17-12-16-15-11(20-12)10-2-1-7-14-10/h3-6,10,14H,1-2,7H2,(H,16,17). The Morgan fingerprint density at radius 2 is 2.05 bits per heavy atom. The van der Waals surface area contributed by atoms with E-state index in [1.807, 2.05) is 0 Å². The molecule has 1 aromatic heterocycles. The first-order valence-electron chi connectivity index (χ1n) is 6.40. The van der Waals surface area contributed by atoms with Gasteiger partial charge < -0.3 is 9.73 Å². The van der Waals surface area contributed by atoms with E-state index >= 15 is 0 Å². The van der Waals surface area contributed by atoms with Crippen LogP contribution in [-0.4, -0.2) is 25.2 Å². The third kappa shape index (κ3) is 3.17. The molecule has 0 saturated carbocycles. The van der Waals surface area contributed by atoms with Crippen molar-refractivity contribution in [2.24, 2.45) is 0 Å². The van der Waals surface area contributed by atoms with Crippen LogP contribution in [0.5, 0.6) is 0 Å². The minimum absolute atomic E-state index is 0.00807. The summed E-state index contributed by atoms with van der Waals surface area (Å²) >= 11 is 5.73. The molecule has 2 heterocycles. The monoisotopic (exact) mass is 328 g/mol. The summed E-state index contributed by atoms with van der Waals surface area (Å²) in [5.74, 6) is 0.390. The second-order valence-corrected chi connectivity index (χ2v) is 6.77. The molecule has 2 aromatic rings. The van der Waals surface area contributed by atoms with Crippen molar-refractivity contribution in [1.82, 2.24) is 15.5 Å². The van der Waals surface area contributed by atoms with Crippen molar-refractivity contribution in [1.29, 1.82) is 0 Å². The van der Waals surface area contributed by atoms with Gasteiger partial charge >= 0.3 is 6.01 Å². The van der Waals surface area contributed by atoms with E-state index in [1.165, 1.54) is 24.3 Å². The van der Waals surface area contributed by atoms with Crippen molar-refractivity contribution >= 4 is 27.6 Å². The van der Waals surface area contributed by atoms with Gasteiger partial charge in [-0.3, -0.25) is 0 Å². The fraction of sp³-hybridized carbons (Fsp3) is 0.333. The van der Waals surface area contributed by atoms with E-state index in [2.05, 4.69) is 20.2 Å². The van der Waals surface area contributed by atoms with Crippen molar-refractivity contribution in [3.05, 3.63) is 35.2 Å². The molecule has 21 heavy (non-hydrogen) atoms. The van der Waals surface area contributed by atoms with E-state index in [0.29, 0.717) is 10.9 Å². The van der Waals surface area contributed by atoms with Crippen LogP contribution in [0.3, 0.4) is 0 Å². The summed E-state index contributed by atoms with van der Waals surface area (Å²) in [5, 5.41) is 11.2. The number of halogens is 1. The number of benzene rings is 1. The normalized spacial score (nSPS) is 18.8. The maximum atomic E-state index is 12.1. The Balaban J connectivity index is 1.77. The van der Waals surface area contributed by atoms with E-state index in [9.17, 15) is 8.42 Å². The zero-order chi connectivity index (χ0) is 14.9. The zero-order valence-corrected chi connectivity index (χ0v) is 12.5. The van der Waals surface area contributed by atoms with Crippen LogP contribution in [0.1, 0.15) is 24.8 Å². The molecule has 0 bridgehead atoms. The summed E-state index contributed by atoms with van der Waals surface area (Å²) < 4.78 is 31.9. The van der Waals surface area contributed by atoms with E-state index in [0.717, 1.165) is 19.4 Å².